The monoisotopic (exact) mass is 334 g/mol. The number of carbonyl (C=O) groups excluding carboxylic acids is 1. The van der Waals surface area contributed by atoms with Gasteiger partial charge in [-0.25, -0.2) is 0 Å². The highest BCUT2D eigenvalue weighted by atomic mass is 79.9. The number of halogens is 1. The third-order valence-corrected chi connectivity index (χ3v) is 3.13. The molecule has 0 aliphatic rings. The molecule has 0 aromatic heterocycles. The first-order valence-electron chi connectivity index (χ1n) is 6.17. The average Bonchev–Trinajstić information content (AvgIpc) is 2.44. The van der Waals surface area contributed by atoms with Crippen molar-refractivity contribution in [3.63, 3.8) is 0 Å². The lowest BCUT2D eigenvalue weighted by atomic mass is 10.3. The number of hydrogen-bond acceptors (Lipinski definition) is 3. The van der Waals surface area contributed by atoms with Gasteiger partial charge in [-0.1, -0.05) is 15.9 Å². The first-order chi connectivity index (χ1) is 9.63. The van der Waals surface area contributed by atoms with Crippen LogP contribution < -0.4 is 15.8 Å². The topological polar surface area (TPSA) is 64.3 Å². The van der Waals surface area contributed by atoms with E-state index in [-0.39, 0.29) is 5.91 Å². The van der Waals surface area contributed by atoms with Gasteiger partial charge in [-0.2, -0.15) is 0 Å². The van der Waals surface area contributed by atoms with E-state index in [2.05, 4.69) is 21.2 Å². The number of nitrogens with one attached hydrogen (secondary N) is 1. The molecule has 4 nitrogen and oxygen atoms in total. The summed E-state index contributed by atoms with van der Waals surface area (Å²) in [6.07, 6.45) is 0.292. The molecule has 5 heteroatoms. The molecule has 0 bridgehead atoms. The van der Waals surface area contributed by atoms with E-state index in [0.717, 1.165) is 15.9 Å². The largest absolute Gasteiger partial charge is 0.493 e. The third-order valence-electron chi connectivity index (χ3n) is 2.61. The summed E-state index contributed by atoms with van der Waals surface area (Å²) in [5, 5.41) is 2.78. The summed E-state index contributed by atoms with van der Waals surface area (Å²) in [4.78, 5) is 11.7. The fourth-order valence-electron chi connectivity index (χ4n) is 1.58. The molecule has 3 N–H and O–H groups in total. The number of benzene rings is 2. The second-order valence-electron chi connectivity index (χ2n) is 4.22. The van der Waals surface area contributed by atoms with E-state index in [1.54, 1.807) is 24.3 Å². The molecule has 0 aliphatic heterocycles. The summed E-state index contributed by atoms with van der Waals surface area (Å²) in [5.41, 5.74) is 6.97. The molecule has 0 saturated heterocycles. The zero-order chi connectivity index (χ0) is 14.4. The highest BCUT2D eigenvalue weighted by molar-refractivity contribution is 9.10. The van der Waals surface area contributed by atoms with E-state index in [9.17, 15) is 4.79 Å². The van der Waals surface area contributed by atoms with Crippen molar-refractivity contribution in [1.82, 2.24) is 0 Å². The van der Waals surface area contributed by atoms with Crippen LogP contribution in [0.15, 0.2) is 53.0 Å². The first-order valence-corrected chi connectivity index (χ1v) is 6.96. The van der Waals surface area contributed by atoms with Crippen molar-refractivity contribution in [2.24, 2.45) is 0 Å². The molecule has 0 radical (unpaired) electrons. The van der Waals surface area contributed by atoms with E-state index < -0.39 is 0 Å². The zero-order valence-corrected chi connectivity index (χ0v) is 12.4. The molecule has 0 aliphatic carbocycles. The molecule has 0 fully saturated rings. The number of anilines is 2. The standard InChI is InChI=1S/C15H15BrN2O2/c16-11-1-7-14(8-2-11)20-10-9-15(19)18-13-5-3-12(17)4-6-13/h1-8H,9-10,17H2,(H,18,19). The fourth-order valence-corrected chi connectivity index (χ4v) is 1.85. The number of carbonyl (C=O) groups is 1. The average molecular weight is 335 g/mol. The molecule has 2 rings (SSSR count). The molecular formula is C15H15BrN2O2. The van der Waals surface area contributed by atoms with Crippen molar-refractivity contribution in [1.29, 1.82) is 0 Å². The van der Waals surface area contributed by atoms with Crippen molar-refractivity contribution in [3.05, 3.63) is 53.0 Å². The van der Waals surface area contributed by atoms with Crippen LogP contribution >= 0.6 is 15.9 Å². The summed E-state index contributed by atoms with van der Waals surface area (Å²) < 4.78 is 6.48. The van der Waals surface area contributed by atoms with Gasteiger partial charge in [-0.15, -0.1) is 0 Å². The fraction of sp³-hybridized carbons (Fsp3) is 0.133. The third kappa shape index (κ3) is 4.59. The zero-order valence-electron chi connectivity index (χ0n) is 10.8. The van der Waals surface area contributed by atoms with Gasteiger partial charge in [-0.05, 0) is 48.5 Å². The second kappa shape index (κ2) is 6.96. The van der Waals surface area contributed by atoms with Crippen molar-refractivity contribution in [3.8, 4) is 5.75 Å². The summed E-state index contributed by atoms with van der Waals surface area (Å²) in [5.74, 6) is 0.653. The first kappa shape index (κ1) is 14.4. The maximum atomic E-state index is 11.7. The predicted molar refractivity (Wildman–Crippen MR) is 83.7 cm³/mol. The number of nitrogens with two attached hydrogens (primary N) is 1. The number of ether oxygens (including phenoxy) is 1. The number of nitrogen functional groups attached to an aromatic ring is 1. The molecular weight excluding hydrogens is 320 g/mol. The van der Waals surface area contributed by atoms with Gasteiger partial charge in [0.25, 0.3) is 0 Å². The molecule has 1 amide bonds. The minimum absolute atomic E-state index is 0.0908. The summed E-state index contributed by atoms with van der Waals surface area (Å²) >= 11 is 3.35. The summed E-state index contributed by atoms with van der Waals surface area (Å²) in [7, 11) is 0. The van der Waals surface area contributed by atoms with Gasteiger partial charge in [0, 0.05) is 15.8 Å². The molecule has 0 spiro atoms. The maximum absolute atomic E-state index is 11.7. The highest BCUT2D eigenvalue weighted by Crippen LogP contribution is 2.16. The summed E-state index contributed by atoms with van der Waals surface area (Å²) in [6.45, 7) is 0.336. The van der Waals surface area contributed by atoms with Gasteiger partial charge < -0.3 is 15.8 Å². The normalized spacial score (nSPS) is 10.1. The van der Waals surface area contributed by atoms with Crippen LogP contribution in [0.1, 0.15) is 6.42 Å². The number of amides is 1. The van der Waals surface area contributed by atoms with Crippen molar-refractivity contribution < 1.29 is 9.53 Å². The maximum Gasteiger partial charge on any atom is 0.227 e. The van der Waals surface area contributed by atoms with Crippen LogP contribution in [-0.2, 0) is 4.79 Å². The van der Waals surface area contributed by atoms with Crippen LogP contribution in [0.3, 0.4) is 0 Å². The minimum Gasteiger partial charge on any atom is -0.493 e. The Bertz CT molecular complexity index is 567. The van der Waals surface area contributed by atoms with E-state index in [1.807, 2.05) is 24.3 Å². The molecule has 2 aromatic rings. The van der Waals surface area contributed by atoms with Crippen LogP contribution in [0.4, 0.5) is 11.4 Å². The predicted octanol–water partition coefficient (Wildman–Crippen LogP) is 3.44. The van der Waals surface area contributed by atoms with Gasteiger partial charge >= 0.3 is 0 Å². The van der Waals surface area contributed by atoms with Crippen molar-refractivity contribution in [2.45, 2.75) is 6.42 Å². The lowest BCUT2D eigenvalue weighted by Gasteiger charge is -2.07. The van der Waals surface area contributed by atoms with E-state index in [0.29, 0.717) is 18.7 Å². The molecule has 2 aromatic carbocycles. The lowest BCUT2D eigenvalue weighted by Crippen LogP contribution is -2.15. The smallest absolute Gasteiger partial charge is 0.227 e. The van der Waals surface area contributed by atoms with Crippen molar-refractivity contribution >= 4 is 33.2 Å². The quantitative estimate of drug-likeness (QED) is 0.823. The Labute approximate surface area is 126 Å². The van der Waals surface area contributed by atoms with E-state index >= 15 is 0 Å². The highest BCUT2D eigenvalue weighted by Gasteiger charge is 2.03. The number of rotatable bonds is 5. The van der Waals surface area contributed by atoms with Crippen molar-refractivity contribution in [2.75, 3.05) is 17.7 Å². The number of hydrogen-bond donors (Lipinski definition) is 2. The van der Waals surface area contributed by atoms with Gasteiger partial charge in [0.1, 0.15) is 5.75 Å². The molecule has 104 valence electrons. The lowest BCUT2D eigenvalue weighted by molar-refractivity contribution is -0.116. The summed E-state index contributed by atoms with van der Waals surface area (Å²) in [6, 6.07) is 14.5. The van der Waals surface area contributed by atoms with Crippen LogP contribution in [0.5, 0.6) is 5.75 Å². The Morgan fingerprint density at radius 3 is 2.40 bits per heavy atom. The second-order valence-corrected chi connectivity index (χ2v) is 5.14. The Morgan fingerprint density at radius 1 is 1.10 bits per heavy atom. The molecule has 0 unspecified atom stereocenters. The molecule has 0 atom stereocenters. The Kier molecular flexibility index (Phi) is 5.01. The van der Waals surface area contributed by atoms with Gasteiger partial charge in [0.05, 0.1) is 13.0 Å². The van der Waals surface area contributed by atoms with E-state index in [1.165, 1.54) is 0 Å². The van der Waals surface area contributed by atoms with Gasteiger partial charge in [-0.3, -0.25) is 4.79 Å². The SMILES string of the molecule is Nc1ccc(NC(=O)CCOc2ccc(Br)cc2)cc1. The van der Waals surface area contributed by atoms with Crippen LogP contribution in [0, 0.1) is 0 Å². The Balaban J connectivity index is 1.75. The van der Waals surface area contributed by atoms with Gasteiger partial charge in [0.15, 0.2) is 0 Å². The molecule has 0 heterocycles. The van der Waals surface area contributed by atoms with Crippen LogP contribution in [0.2, 0.25) is 0 Å². The van der Waals surface area contributed by atoms with Gasteiger partial charge in [0.2, 0.25) is 5.91 Å². The Hall–Kier alpha value is -2.01. The van der Waals surface area contributed by atoms with Crippen LogP contribution in [-0.4, -0.2) is 12.5 Å². The van der Waals surface area contributed by atoms with E-state index in [4.69, 9.17) is 10.5 Å². The minimum atomic E-state index is -0.0908. The molecule has 20 heavy (non-hydrogen) atoms. The molecule has 0 saturated carbocycles. The Morgan fingerprint density at radius 2 is 1.75 bits per heavy atom. The van der Waals surface area contributed by atoms with Crippen LogP contribution in [0.25, 0.3) is 0 Å².